The van der Waals surface area contributed by atoms with E-state index in [1.54, 1.807) is 28.4 Å². The Bertz CT molecular complexity index is 1480. The number of aryl methyl sites for hydroxylation is 1. The van der Waals surface area contributed by atoms with E-state index in [9.17, 15) is 14.9 Å². The number of rotatable bonds is 3. The first-order valence-corrected chi connectivity index (χ1v) is 9.37. The zero-order chi connectivity index (χ0) is 20.8. The van der Waals surface area contributed by atoms with Gasteiger partial charge in [0.15, 0.2) is 0 Å². The van der Waals surface area contributed by atoms with Crippen LogP contribution in [-0.2, 0) is 7.05 Å². The molecule has 5 rings (SSSR count). The third-order valence-corrected chi connectivity index (χ3v) is 5.28. The maximum Gasteiger partial charge on any atom is 0.269 e. The highest BCUT2D eigenvalue weighted by atomic mass is 16.6. The Balaban J connectivity index is 1.94. The number of benzene rings is 3. The molecule has 3 aromatic carbocycles. The molecule has 30 heavy (non-hydrogen) atoms. The van der Waals surface area contributed by atoms with Gasteiger partial charge in [0.1, 0.15) is 5.69 Å². The molecule has 0 saturated heterocycles. The standard InChI is InChI=1S/C23H16N4O3/c1-25-19-10-6-5-9-18(19)22-20(23(25)28)21(15-7-3-2-4-8-15)24-26(22)16-11-13-17(14-12-16)27(29)30/h2-14H,1H3. The average Bonchev–Trinajstić information content (AvgIpc) is 3.19. The highest BCUT2D eigenvalue weighted by Gasteiger charge is 2.21. The molecule has 0 radical (unpaired) electrons. The predicted octanol–water partition coefficient (Wildman–Crippen LogP) is 4.45. The number of non-ortho nitro benzene ring substituents is 1. The molecule has 0 amide bonds. The van der Waals surface area contributed by atoms with Gasteiger partial charge in [-0.15, -0.1) is 0 Å². The summed E-state index contributed by atoms with van der Waals surface area (Å²) in [7, 11) is 1.75. The monoisotopic (exact) mass is 396 g/mol. The number of fused-ring (bicyclic) bond motifs is 3. The van der Waals surface area contributed by atoms with E-state index in [-0.39, 0.29) is 11.2 Å². The zero-order valence-corrected chi connectivity index (χ0v) is 16.0. The molecule has 2 aromatic heterocycles. The molecule has 0 aliphatic rings. The van der Waals surface area contributed by atoms with Crippen molar-refractivity contribution in [3.63, 3.8) is 0 Å². The number of nitrogens with zero attached hydrogens (tertiary/aromatic N) is 4. The molecule has 7 heteroatoms. The van der Waals surface area contributed by atoms with Crippen LogP contribution in [0.25, 0.3) is 38.8 Å². The first kappa shape index (κ1) is 17.8. The second kappa shape index (κ2) is 6.66. The summed E-state index contributed by atoms with van der Waals surface area (Å²) in [5.74, 6) is 0. The minimum absolute atomic E-state index is 0.000679. The zero-order valence-electron chi connectivity index (χ0n) is 16.0. The van der Waals surface area contributed by atoms with Crippen molar-refractivity contribution in [3.8, 4) is 16.9 Å². The fourth-order valence-corrected chi connectivity index (χ4v) is 3.81. The minimum Gasteiger partial charge on any atom is -0.311 e. The van der Waals surface area contributed by atoms with E-state index in [1.807, 2.05) is 54.6 Å². The predicted molar refractivity (Wildman–Crippen MR) is 116 cm³/mol. The van der Waals surface area contributed by atoms with Crippen LogP contribution in [0.2, 0.25) is 0 Å². The van der Waals surface area contributed by atoms with Crippen molar-refractivity contribution in [2.24, 2.45) is 7.05 Å². The van der Waals surface area contributed by atoms with Crippen molar-refractivity contribution in [3.05, 3.63) is 99.3 Å². The van der Waals surface area contributed by atoms with E-state index in [0.717, 1.165) is 16.5 Å². The van der Waals surface area contributed by atoms with Gasteiger partial charge in [-0.25, -0.2) is 4.68 Å². The molecule has 7 nitrogen and oxygen atoms in total. The van der Waals surface area contributed by atoms with E-state index in [2.05, 4.69) is 0 Å². The molecule has 0 saturated carbocycles. The van der Waals surface area contributed by atoms with Crippen LogP contribution in [0.5, 0.6) is 0 Å². The lowest BCUT2D eigenvalue weighted by Gasteiger charge is -2.09. The fraction of sp³-hybridized carbons (Fsp3) is 0.0435. The second-order valence-electron chi connectivity index (χ2n) is 7.00. The number of hydrogen-bond donors (Lipinski definition) is 0. The van der Waals surface area contributed by atoms with E-state index < -0.39 is 4.92 Å². The molecule has 0 N–H and O–H groups in total. The van der Waals surface area contributed by atoms with Crippen LogP contribution in [0.15, 0.2) is 83.7 Å². The van der Waals surface area contributed by atoms with Crippen LogP contribution >= 0.6 is 0 Å². The highest BCUT2D eigenvalue weighted by molar-refractivity contribution is 6.08. The van der Waals surface area contributed by atoms with Crippen LogP contribution < -0.4 is 5.56 Å². The van der Waals surface area contributed by atoms with Crippen LogP contribution in [0.3, 0.4) is 0 Å². The van der Waals surface area contributed by atoms with Crippen molar-refractivity contribution < 1.29 is 4.92 Å². The Kier molecular flexibility index (Phi) is 3.96. The lowest BCUT2D eigenvalue weighted by molar-refractivity contribution is -0.384. The number of nitro groups is 1. The van der Waals surface area contributed by atoms with Gasteiger partial charge in [0.25, 0.3) is 11.2 Å². The summed E-state index contributed by atoms with van der Waals surface area (Å²) >= 11 is 0. The second-order valence-corrected chi connectivity index (χ2v) is 7.00. The molecular weight excluding hydrogens is 380 g/mol. The number of hydrogen-bond acceptors (Lipinski definition) is 4. The Morgan fingerprint density at radius 1 is 0.900 bits per heavy atom. The van der Waals surface area contributed by atoms with Crippen LogP contribution in [-0.4, -0.2) is 19.3 Å². The third kappa shape index (κ3) is 2.60. The molecule has 0 bridgehead atoms. The van der Waals surface area contributed by atoms with E-state index in [0.29, 0.717) is 22.3 Å². The number of pyridine rings is 1. The number of aromatic nitrogens is 3. The smallest absolute Gasteiger partial charge is 0.269 e. The molecule has 5 aromatic rings. The van der Waals surface area contributed by atoms with Gasteiger partial charge in [-0.05, 0) is 18.2 Å². The Morgan fingerprint density at radius 3 is 2.27 bits per heavy atom. The van der Waals surface area contributed by atoms with Crippen LogP contribution in [0.4, 0.5) is 5.69 Å². The first-order valence-electron chi connectivity index (χ1n) is 9.37. The molecule has 0 unspecified atom stereocenters. The molecule has 0 aliphatic heterocycles. The molecule has 146 valence electrons. The lowest BCUT2D eigenvalue weighted by Crippen LogP contribution is -2.17. The van der Waals surface area contributed by atoms with Gasteiger partial charge >= 0.3 is 0 Å². The van der Waals surface area contributed by atoms with Crippen molar-refractivity contribution in [2.45, 2.75) is 0 Å². The minimum atomic E-state index is -0.439. The Morgan fingerprint density at radius 2 is 1.57 bits per heavy atom. The van der Waals surface area contributed by atoms with Crippen molar-refractivity contribution in [2.75, 3.05) is 0 Å². The van der Waals surface area contributed by atoms with Gasteiger partial charge in [-0.3, -0.25) is 14.9 Å². The molecule has 0 fully saturated rings. The normalized spacial score (nSPS) is 11.2. The summed E-state index contributed by atoms with van der Waals surface area (Å²) in [6.45, 7) is 0. The quantitative estimate of drug-likeness (QED) is 0.333. The number of para-hydroxylation sites is 1. The summed E-state index contributed by atoms with van der Waals surface area (Å²) in [6.07, 6.45) is 0. The average molecular weight is 396 g/mol. The SMILES string of the molecule is Cn1c(=O)c2c(-c3ccccc3)nn(-c3ccc([N+](=O)[O-])cc3)c2c2ccccc21. The third-order valence-electron chi connectivity index (χ3n) is 5.28. The maximum absolute atomic E-state index is 13.3. The largest absolute Gasteiger partial charge is 0.311 e. The van der Waals surface area contributed by atoms with Gasteiger partial charge < -0.3 is 4.57 Å². The fourth-order valence-electron chi connectivity index (χ4n) is 3.81. The molecular formula is C23H16N4O3. The highest BCUT2D eigenvalue weighted by Crippen LogP contribution is 2.32. The summed E-state index contributed by atoms with van der Waals surface area (Å²) in [4.78, 5) is 24.0. The van der Waals surface area contributed by atoms with E-state index >= 15 is 0 Å². The van der Waals surface area contributed by atoms with Gasteiger partial charge in [0, 0.05) is 30.1 Å². The van der Waals surface area contributed by atoms with Crippen LogP contribution in [0.1, 0.15) is 0 Å². The van der Waals surface area contributed by atoms with Crippen molar-refractivity contribution in [1.82, 2.24) is 14.3 Å². The lowest BCUT2D eigenvalue weighted by atomic mass is 10.1. The Hall–Kier alpha value is -4.26. The van der Waals surface area contributed by atoms with E-state index in [1.165, 1.54) is 12.1 Å². The molecule has 0 aliphatic carbocycles. The van der Waals surface area contributed by atoms with Crippen molar-refractivity contribution in [1.29, 1.82) is 0 Å². The van der Waals surface area contributed by atoms with E-state index in [4.69, 9.17) is 5.10 Å². The van der Waals surface area contributed by atoms with Gasteiger partial charge in [0.2, 0.25) is 0 Å². The number of nitro benzene ring substituents is 1. The molecule has 0 spiro atoms. The summed E-state index contributed by atoms with van der Waals surface area (Å²) in [5.41, 5.74) is 3.38. The molecule has 0 atom stereocenters. The Labute approximate surface area is 170 Å². The first-order chi connectivity index (χ1) is 14.6. The molecule has 2 heterocycles. The van der Waals surface area contributed by atoms with Crippen LogP contribution in [0, 0.1) is 10.1 Å². The van der Waals surface area contributed by atoms with Gasteiger partial charge in [-0.2, -0.15) is 5.10 Å². The summed E-state index contributed by atoms with van der Waals surface area (Å²) < 4.78 is 3.33. The topological polar surface area (TPSA) is 83.0 Å². The summed E-state index contributed by atoms with van der Waals surface area (Å²) in [6, 6.07) is 23.4. The van der Waals surface area contributed by atoms with Gasteiger partial charge in [-0.1, -0.05) is 48.5 Å². The summed E-state index contributed by atoms with van der Waals surface area (Å²) in [5, 5.41) is 17.2. The maximum atomic E-state index is 13.3. The van der Waals surface area contributed by atoms with Gasteiger partial charge in [0.05, 0.1) is 27.0 Å². The van der Waals surface area contributed by atoms with Crippen molar-refractivity contribution >= 4 is 27.5 Å².